The third kappa shape index (κ3) is 4.53. The maximum atomic E-state index is 12.3. The lowest BCUT2D eigenvalue weighted by molar-refractivity contribution is -0.156. The quantitative estimate of drug-likeness (QED) is 0.781. The molecule has 2 rings (SSSR count). The number of nitrogens with zero attached hydrogens (tertiary/aromatic N) is 1. The van der Waals surface area contributed by atoms with Gasteiger partial charge in [-0.3, -0.25) is 4.79 Å². The molecule has 1 aromatic rings. The van der Waals surface area contributed by atoms with Crippen LogP contribution in [-0.4, -0.2) is 42.0 Å². The van der Waals surface area contributed by atoms with Crippen molar-refractivity contribution in [2.24, 2.45) is 5.41 Å². The van der Waals surface area contributed by atoms with E-state index in [1.54, 1.807) is 0 Å². The molecular formula is C16H23NO2S. The van der Waals surface area contributed by atoms with E-state index in [9.17, 15) is 4.79 Å². The first-order valence-corrected chi connectivity index (χ1v) is 8.25. The molecule has 1 aliphatic heterocycles. The number of ether oxygens (including phenoxy) is 1. The van der Waals surface area contributed by atoms with Gasteiger partial charge in [0.25, 0.3) is 0 Å². The molecule has 3 nitrogen and oxygen atoms in total. The van der Waals surface area contributed by atoms with Crippen LogP contribution in [0.1, 0.15) is 19.4 Å². The van der Waals surface area contributed by atoms with Crippen LogP contribution in [-0.2, 0) is 16.1 Å². The van der Waals surface area contributed by atoms with Gasteiger partial charge in [0, 0.05) is 31.1 Å². The van der Waals surface area contributed by atoms with Gasteiger partial charge in [0.15, 0.2) is 0 Å². The summed E-state index contributed by atoms with van der Waals surface area (Å²) in [5.41, 5.74) is 0.586. The zero-order chi connectivity index (χ0) is 14.4. The van der Waals surface area contributed by atoms with Crippen LogP contribution in [0.4, 0.5) is 0 Å². The second kappa shape index (κ2) is 7.14. The Morgan fingerprint density at radius 2 is 1.90 bits per heavy atom. The Bertz CT molecular complexity index is 427. The van der Waals surface area contributed by atoms with Gasteiger partial charge >= 0.3 is 5.97 Å². The summed E-state index contributed by atoms with van der Waals surface area (Å²) in [5, 5.41) is 0. The Kier molecular flexibility index (Phi) is 5.49. The van der Waals surface area contributed by atoms with Crippen molar-refractivity contribution in [1.29, 1.82) is 0 Å². The van der Waals surface area contributed by atoms with E-state index in [1.807, 2.05) is 55.9 Å². The molecule has 0 spiro atoms. The molecule has 0 radical (unpaired) electrons. The van der Waals surface area contributed by atoms with E-state index in [0.29, 0.717) is 6.61 Å². The largest absolute Gasteiger partial charge is 0.460 e. The zero-order valence-corrected chi connectivity index (χ0v) is 13.1. The highest BCUT2D eigenvalue weighted by molar-refractivity contribution is 7.99. The fourth-order valence-corrected chi connectivity index (χ4v) is 3.28. The summed E-state index contributed by atoms with van der Waals surface area (Å²) in [6.07, 6.45) is 0. The van der Waals surface area contributed by atoms with Gasteiger partial charge in [0.05, 0.1) is 5.41 Å². The molecule has 1 aromatic carbocycles. The van der Waals surface area contributed by atoms with Crippen LogP contribution in [0.5, 0.6) is 0 Å². The van der Waals surface area contributed by atoms with E-state index >= 15 is 0 Å². The number of carbonyl (C=O) groups is 1. The number of benzene rings is 1. The van der Waals surface area contributed by atoms with Crippen molar-refractivity contribution >= 4 is 17.7 Å². The molecule has 1 saturated heterocycles. The minimum Gasteiger partial charge on any atom is -0.460 e. The summed E-state index contributed by atoms with van der Waals surface area (Å²) in [6, 6.07) is 9.83. The van der Waals surface area contributed by atoms with E-state index in [0.717, 1.165) is 36.7 Å². The average molecular weight is 293 g/mol. The predicted octanol–water partition coefficient (Wildman–Crippen LogP) is 2.80. The summed E-state index contributed by atoms with van der Waals surface area (Å²) >= 11 is 1.98. The smallest absolute Gasteiger partial charge is 0.313 e. The second-order valence-corrected chi connectivity index (χ2v) is 7.06. The summed E-state index contributed by atoms with van der Waals surface area (Å²) in [6.45, 7) is 7.23. The van der Waals surface area contributed by atoms with Gasteiger partial charge in [-0.05, 0) is 19.4 Å². The lowest BCUT2D eigenvalue weighted by Gasteiger charge is -2.33. The number of hydrogen-bond donors (Lipinski definition) is 0. The van der Waals surface area contributed by atoms with Gasteiger partial charge < -0.3 is 9.64 Å². The molecule has 0 saturated carbocycles. The Morgan fingerprint density at radius 1 is 1.25 bits per heavy atom. The minimum absolute atomic E-state index is 0.112. The molecule has 0 aliphatic carbocycles. The normalized spacial score (nSPS) is 16.9. The molecule has 0 unspecified atom stereocenters. The van der Waals surface area contributed by atoms with Gasteiger partial charge in [-0.15, -0.1) is 0 Å². The Balaban J connectivity index is 1.83. The number of rotatable bonds is 5. The molecule has 1 heterocycles. The van der Waals surface area contributed by atoms with Crippen molar-refractivity contribution in [2.75, 3.05) is 31.1 Å². The highest BCUT2D eigenvalue weighted by Crippen LogP contribution is 2.22. The standard InChI is InChI=1S/C16H23NO2S/c1-16(2,13-17-8-10-20-11-9-17)15(18)19-12-14-6-4-3-5-7-14/h3-7H,8-13H2,1-2H3. The second-order valence-electron chi connectivity index (χ2n) is 5.83. The van der Waals surface area contributed by atoms with E-state index < -0.39 is 5.41 Å². The van der Waals surface area contributed by atoms with Gasteiger partial charge in [-0.25, -0.2) is 0 Å². The number of esters is 1. The Morgan fingerprint density at radius 3 is 2.55 bits per heavy atom. The molecule has 0 amide bonds. The fourth-order valence-electron chi connectivity index (χ4n) is 2.30. The molecule has 4 heteroatoms. The van der Waals surface area contributed by atoms with Crippen molar-refractivity contribution in [2.45, 2.75) is 20.5 Å². The highest BCUT2D eigenvalue weighted by Gasteiger charge is 2.32. The van der Waals surface area contributed by atoms with Crippen LogP contribution in [0, 0.1) is 5.41 Å². The van der Waals surface area contributed by atoms with Crippen LogP contribution in [0.15, 0.2) is 30.3 Å². The molecule has 0 bridgehead atoms. The van der Waals surface area contributed by atoms with E-state index in [2.05, 4.69) is 4.90 Å². The lowest BCUT2D eigenvalue weighted by atomic mass is 9.93. The first-order chi connectivity index (χ1) is 9.58. The lowest BCUT2D eigenvalue weighted by Crippen LogP contribution is -2.43. The number of carbonyl (C=O) groups excluding carboxylic acids is 1. The number of hydrogen-bond acceptors (Lipinski definition) is 4. The van der Waals surface area contributed by atoms with Crippen molar-refractivity contribution in [3.05, 3.63) is 35.9 Å². The Hall–Kier alpha value is -1.00. The van der Waals surface area contributed by atoms with Crippen molar-refractivity contribution < 1.29 is 9.53 Å². The molecule has 1 aliphatic rings. The minimum atomic E-state index is -0.448. The SMILES string of the molecule is CC(C)(CN1CCSCC1)C(=O)OCc1ccccc1. The van der Waals surface area contributed by atoms with Crippen LogP contribution >= 0.6 is 11.8 Å². The molecule has 0 N–H and O–H groups in total. The van der Waals surface area contributed by atoms with E-state index in [4.69, 9.17) is 4.74 Å². The van der Waals surface area contributed by atoms with Crippen molar-refractivity contribution in [3.8, 4) is 0 Å². The first-order valence-electron chi connectivity index (χ1n) is 7.09. The van der Waals surface area contributed by atoms with Gasteiger partial charge in [0.1, 0.15) is 6.61 Å². The first kappa shape index (κ1) is 15.4. The molecule has 0 aromatic heterocycles. The molecule has 0 atom stereocenters. The Labute approximate surface area is 125 Å². The third-order valence-electron chi connectivity index (χ3n) is 3.49. The fraction of sp³-hybridized carbons (Fsp3) is 0.562. The maximum absolute atomic E-state index is 12.3. The molecule has 1 fully saturated rings. The van der Waals surface area contributed by atoms with Gasteiger partial charge in [0.2, 0.25) is 0 Å². The van der Waals surface area contributed by atoms with E-state index in [1.165, 1.54) is 0 Å². The van der Waals surface area contributed by atoms with Crippen molar-refractivity contribution in [3.63, 3.8) is 0 Å². The highest BCUT2D eigenvalue weighted by atomic mass is 32.2. The zero-order valence-electron chi connectivity index (χ0n) is 12.3. The summed E-state index contributed by atoms with van der Waals surface area (Å²) < 4.78 is 5.46. The summed E-state index contributed by atoms with van der Waals surface area (Å²) in [5.74, 6) is 2.21. The maximum Gasteiger partial charge on any atom is 0.313 e. The third-order valence-corrected chi connectivity index (χ3v) is 4.43. The van der Waals surface area contributed by atoms with Gasteiger partial charge in [-0.1, -0.05) is 30.3 Å². The van der Waals surface area contributed by atoms with Crippen LogP contribution in [0.3, 0.4) is 0 Å². The van der Waals surface area contributed by atoms with E-state index in [-0.39, 0.29) is 5.97 Å². The van der Waals surface area contributed by atoms with Crippen LogP contribution in [0.2, 0.25) is 0 Å². The molecule has 110 valence electrons. The summed E-state index contributed by atoms with van der Waals surface area (Å²) in [7, 11) is 0. The average Bonchev–Trinajstić information content (AvgIpc) is 2.46. The molecular weight excluding hydrogens is 270 g/mol. The summed E-state index contributed by atoms with van der Waals surface area (Å²) in [4.78, 5) is 14.6. The monoisotopic (exact) mass is 293 g/mol. The van der Waals surface area contributed by atoms with Crippen molar-refractivity contribution in [1.82, 2.24) is 4.90 Å². The predicted molar refractivity (Wildman–Crippen MR) is 83.8 cm³/mol. The molecule has 20 heavy (non-hydrogen) atoms. The van der Waals surface area contributed by atoms with Crippen LogP contribution in [0.25, 0.3) is 0 Å². The topological polar surface area (TPSA) is 29.5 Å². The number of thioether (sulfide) groups is 1. The van der Waals surface area contributed by atoms with Gasteiger partial charge in [-0.2, -0.15) is 11.8 Å². The van der Waals surface area contributed by atoms with Crippen LogP contribution < -0.4 is 0 Å².